The highest BCUT2D eigenvalue weighted by molar-refractivity contribution is 5.69. The van der Waals surface area contributed by atoms with Crippen molar-refractivity contribution in [2.75, 3.05) is 6.54 Å². The fourth-order valence-electron chi connectivity index (χ4n) is 5.75. The molecule has 0 radical (unpaired) electrons. The molecular weight excluding hydrogens is 486 g/mol. The molecule has 6 heteroatoms. The van der Waals surface area contributed by atoms with Crippen molar-refractivity contribution in [1.29, 1.82) is 0 Å². The normalized spacial score (nSPS) is 17.8. The second-order valence-corrected chi connectivity index (χ2v) is 10.6. The van der Waals surface area contributed by atoms with Gasteiger partial charge < -0.3 is 9.84 Å². The van der Waals surface area contributed by atoms with Crippen LogP contribution >= 0.6 is 0 Å². The van der Waals surface area contributed by atoms with E-state index in [9.17, 15) is 9.90 Å². The van der Waals surface area contributed by atoms with Gasteiger partial charge >= 0.3 is 5.97 Å². The molecule has 1 fully saturated rings. The number of carbonyl (C=O) groups excluding carboxylic acids is 1. The number of unbranched alkanes of at least 4 members (excludes halogenated alkanes) is 1. The molecule has 202 valence electrons. The summed E-state index contributed by atoms with van der Waals surface area (Å²) in [5.74, 6) is -0.165. The van der Waals surface area contributed by atoms with E-state index in [1.165, 1.54) is 0 Å². The Bertz CT molecular complexity index is 1280. The molecule has 0 bridgehead atoms. The lowest BCUT2D eigenvalue weighted by Gasteiger charge is -2.40. The van der Waals surface area contributed by atoms with Gasteiger partial charge in [-0.05, 0) is 29.5 Å². The number of hydrogen-bond acceptors (Lipinski definition) is 4. The number of aromatic nitrogens is 2. The van der Waals surface area contributed by atoms with Crippen molar-refractivity contribution < 1.29 is 19.2 Å². The van der Waals surface area contributed by atoms with Crippen LogP contribution in [-0.2, 0) is 35.3 Å². The molecule has 0 unspecified atom stereocenters. The monoisotopic (exact) mass is 524 g/mol. The zero-order valence-corrected chi connectivity index (χ0v) is 22.6. The van der Waals surface area contributed by atoms with E-state index in [1.807, 2.05) is 109 Å². The average Bonchev–Trinajstić information content (AvgIpc) is 3.57. The first kappa shape index (κ1) is 26.9. The van der Waals surface area contributed by atoms with Crippen LogP contribution < -0.4 is 4.57 Å². The van der Waals surface area contributed by atoms with Crippen molar-refractivity contribution in [3.63, 3.8) is 0 Å². The number of benzene rings is 3. The second kappa shape index (κ2) is 12.4. The Morgan fingerprint density at radius 1 is 0.949 bits per heavy atom. The van der Waals surface area contributed by atoms with E-state index in [1.54, 1.807) is 0 Å². The third kappa shape index (κ3) is 6.47. The first-order chi connectivity index (χ1) is 19.0. The second-order valence-electron chi connectivity index (χ2n) is 10.6. The lowest BCUT2D eigenvalue weighted by atomic mass is 9.78. The van der Waals surface area contributed by atoms with Crippen LogP contribution in [0, 0.1) is 0 Å². The summed E-state index contributed by atoms with van der Waals surface area (Å²) in [6, 6.07) is 29.7. The van der Waals surface area contributed by atoms with Crippen LogP contribution in [0.1, 0.15) is 42.4 Å². The highest BCUT2D eigenvalue weighted by atomic mass is 16.5. The number of carbonyl (C=O) groups is 1. The molecule has 0 amide bonds. The van der Waals surface area contributed by atoms with Crippen molar-refractivity contribution >= 4 is 5.97 Å². The quantitative estimate of drug-likeness (QED) is 0.177. The molecule has 3 aromatic carbocycles. The fraction of sp³-hybridized carbons (Fsp3) is 0.333. The number of likely N-dealkylation sites (tertiary alicyclic amines) is 1. The van der Waals surface area contributed by atoms with E-state index in [0.29, 0.717) is 25.9 Å². The van der Waals surface area contributed by atoms with Gasteiger partial charge in [-0.3, -0.25) is 9.69 Å². The third-order valence-corrected chi connectivity index (χ3v) is 7.67. The molecule has 2 atom stereocenters. The largest absolute Gasteiger partial charge is 0.461 e. The molecule has 0 aliphatic carbocycles. The SMILES string of the molecule is C[n+]1ccn(CCCCC(=O)O[C@@H]2C[C@@H](C(O)(c3ccccc3)c3ccccc3)N(Cc3ccccc3)C2)c1. The van der Waals surface area contributed by atoms with E-state index < -0.39 is 5.60 Å². The van der Waals surface area contributed by atoms with Crippen LogP contribution in [-0.4, -0.2) is 39.2 Å². The molecule has 1 aliphatic rings. The minimum atomic E-state index is -1.26. The summed E-state index contributed by atoms with van der Waals surface area (Å²) >= 11 is 0. The summed E-state index contributed by atoms with van der Waals surface area (Å²) in [4.78, 5) is 15.1. The van der Waals surface area contributed by atoms with Gasteiger partial charge in [0.25, 0.3) is 0 Å². The van der Waals surface area contributed by atoms with E-state index in [2.05, 4.69) is 21.6 Å². The van der Waals surface area contributed by atoms with Gasteiger partial charge in [0.05, 0.1) is 19.6 Å². The maximum Gasteiger partial charge on any atom is 0.306 e. The number of nitrogens with zero attached hydrogens (tertiary/aromatic N) is 3. The molecule has 0 saturated carbocycles. The maximum atomic E-state index is 12.9. The highest BCUT2D eigenvalue weighted by Crippen LogP contribution is 2.41. The predicted octanol–water partition coefficient (Wildman–Crippen LogP) is 4.61. The van der Waals surface area contributed by atoms with Crippen molar-refractivity contribution in [1.82, 2.24) is 9.47 Å². The molecule has 39 heavy (non-hydrogen) atoms. The van der Waals surface area contributed by atoms with Crippen molar-refractivity contribution in [3.8, 4) is 0 Å². The van der Waals surface area contributed by atoms with Gasteiger partial charge in [0.2, 0.25) is 6.33 Å². The number of hydrogen-bond donors (Lipinski definition) is 1. The lowest BCUT2D eigenvalue weighted by Crippen LogP contribution is -2.48. The van der Waals surface area contributed by atoms with Gasteiger partial charge in [0.15, 0.2) is 0 Å². The van der Waals surface area contributed by atoms with Crippen LogP contribution in [0.4, 0.5) is 0 Å². The summed E-state index contributed by atoms with van der Waals surface area (Å²) in [6.45, 7) is 2.12. The number of aliphatic hydroxyl groups is 1. The smallest absolute Gasteiger partial charge is 0.306 e. The number of imidazole rings is 1. The molecular formula is C33H38N3O3+. The van der Waals surface area contributed by atoms with Crippen LogP contribution in [0.2, 0.25) is 0 Å². The Morgan fingerprint density at radius 3 is 2.15 bits per heavy atom. The van der Waals surface area contributed by atoms with Gasteiger partial charge in [-0.1, -0.05) is 91.0 Å². The average molecular weight is 525 g/mol. The van der Waals surface area contributed by atoms with Crippen LogP contribution in [0.5, 0.6) is 0 Å². The maximum absolute atomic E-state index is 12.9. The zero-order valence-electron chi connectivity index (χ0n) is 22.6. The lowest BCUT2D eigenvalue weighted by molar-refractivity contribution is -0.671. The molecule has 0 spiro atoms. The summed E-state index contributed by atoms with van der Waals surface area (Å²) in [5, 5.41) is 12.6. The molecule has 2 heterocycles. The Morgan fingerprint density at radius 2 is 1.56 bits per heavy atom. The third-order valence-electron chi connectivity index (χ3n) is 7.67. The van der Waals surface area contributed by atoms with Gasteiger partial charge in [0.1, 0.15) is 24.1 Å². The van der Waals surface area contributed by atoms with Gasteiger partial charge in [-0.15, -0.1) is 0 Å². The summed E-state index contributed by atoms with van der Waals surface area (Å²) in [7, 11) is 2.00. The fourth-order valence-corrected chi connectivity index (χ4v) is 5.75. The highest BCUT2D eigenvalue weighted by Gasteiger charge is 2.49. The summed E-state index contributed by atoms with van der Waals surface area (Å²) in [6.07, 6.45) is 8.46. The number of aryl methyl sites for hydroxylation is 2. The van der Waals surface area contributed by atoms with Crippen LogP contribution in [0.15, 0.2) is 110 Å². The van der Waals surface area contributed by atoms with Crippen molar-refractivity contribution in [2.24, 2.45) is 7.05 Å². The summed E-state index contributed by atoms with van der Waals surface area (Å²) in [5.41, 5.74) is 1.58. The molecule has 1 aromatic heterocycles. The molecule has 1 N–H and O–H groups in total. The molecule has 1 saturated heterocycles. The zero-order chi connectivity index (χ0) is 27.1. The van der Waals surface area contributed by atoms with E-state index >= 15 is 0 Å². The van der Waals surface area contributed by atoms with E-state index in [-0.39, 0.29) is 18.1 Å². The van der Waals surface area contributed by atoms with Crippen LogP contribution in [0.3, 0.4) is 0 Å². The molecule has 6 nitrogen and oxygen atoms in total. The molecule has 4 aromatic rings. The van der Waals surface area contributed by atoms with E-state index in [0.717, 1.165) is 36.1 Å². The Balaban J connectivity index is 1.32. The first-order valence-electron chi connectivity index (χ1n) is 13.8. The van der Waals surface area contributed by atoms with Crippen molar-refractivity contribution in [3.05, 3.63) is 126 Å². The Hall–Kier alpha value is -3.74. The number of esters is 1. The van der Waals surface area contributed by atoms with Crippen molar-refractivity contribution in [2.45, 2.75) is 56.5 Å². The molecule has 5 rings (SSSR count). The minimum Gasteiger partial charge on any atom is -0.461 e. The topological polar surface area (TPSA) is 58.6 Å². The Kier molecular flexibility index (Phi) is 8.54. The summed E-state index contributed by atoms with van der Waals surface area (Å²) < 4.78 is 10.2. The van der Waals surface area contributed by atoms with Crippen LogP contribution in [0.25, 0.3) is 0 Å². The van der Waals surface area contributed by atoms with Gasteiger partial charge in [-0.25, -0.2) is 9.13 Å². The standard InChI is InChI=1S/C33H38N3O3/c1-34-21-22-35(26-34)20-12-11-19-32(37)39-30-23-31(36(25-30)24-27-13-5-2-6-14-27)33(38,28-15-7-3-8-16-28)29-17-9-4-10-18-29/h2-10,13-18,21-22,26,30-31,38H,11-12,19-20,23-25H2,1H3/q+1/t30-,31+/m1/s1. The van der Waals surface area contributed by atoms with Gasteiger partial charge in [0, 0.05) is 25.9 Å². The number of rotatable bonds is 11. The first-order valence-corrected chi connectivity index (χ1v) is 13.8. The number of ether oxygens (including phenoxy) is 1. The van der Waals surface area contributed by atoms with E-state index in [4.69, 9.17) is 4.74 Å². The Labute approximate surface area is 231 Å². The predicted molar refractivity (Wildman–Crippen MR) is 150 cm³/mol. The molecule has 1 aliphatic heterocycles. The minimum absolute atomic E-state index is 0.165. The van der Waals surface area contributed by atoms with Gasteiger partial charge in [-0.2, -0.15) is 0 Å².